The number of nitrogens with zero attached hydrogens (tertiary/aromatic N) is 2. The second kappa shape index (κ2) is 3.61. The monoisotopic (exact) mass is 168 g/mol. The smallest absolute Gasteiger partial charge is 0.160 e. The molecule has 0 saturated heterocycles. The van der Waals surface area contributed by atoms with Crippen molar-refractivity contribution in [2.24, 2.45) is 7.05 Å². The Bertz CT molecular complexity index is 255. The molecule has 68 valence electrons. The van der Waals surface area contributed by atoms with E-state index in [9.17, 15) is 0 Å². The van der Waals surface area contributed by atoms with E-state index in [0.717, 1.165) is 17.9 Å². The Kier molecular flexibility index (Phi) is 2.74. The van der Waals surface area contributed by atoms with E-state index in [4.69, 9.17) is 4.74 Å². The Hall–Kier alpha value is -0.990. The summed E-state index contributed by atoms with van der Waals surface area (Å²) in [5.74, 6) is 1.37. The van der Waals surface area contributed by atoms with Gasteiger partial charge in [-0.25, -0.2) is 0 Å². The molecule has 3 nitrogen and oxygen atoms in total. The van der Waals surface area contributed by atoms with Gasteiger partial charge in [0.05, 0.1) is 13.3 Å². The van der Waals surface area contributed by atoms with Gasteiger partial charge < -0.3 is 4.74 Å². The third kappa shape index (κ3) is 1.60. The topological polar surface area (TPSA) is 27.1 Å². The van der Waals surface area contributed by atoms with E-state index in [1.54, 1.807) is 11.8 Å². The summed E-state index contributed by atoms with van der Waals surface area (Å²) in [6.45, 7) is 4.31. The Morgan fingerprint density at radius 2 is 2.33 bits per heavy atom. The molecule has 1 unspecified atom stereocenters. The van der Waals surface area contributed by atoms with Crippen LogP contribution in [-0.4, -0.2) is 16.9 Å². The normalized spacial score (nSPS) is 13.0. The van der Waals surface area contributed by atoms with Crippen LogP contribution in [0.5, 0.6) is 5.75 Å². The van der Waals surface area contributed by atoms with Crippen LogP contribution in [0, 0.1) is 0 Å². The minimum absolute atomic E-state index is 0.473. The summed E-state index contributed by atoms with van der Waals surface area (Å²) in [4.78, 5) is 0. The van der Waals surface area contributed by atoms with Crippen LogP contribution in [0.1, 0.15) is 31.9 Å². The minimum Gasteiger partial charge on any atom is -0.493 e. The first-order chi connectivity index (χ1) is 5.69. The molecule has 1 heterocycles. The highest BCUT2D eigenvalue weighted by Crippen LogP contribution is 2.26. The summed E-state index contributed by atoms with van der Waals surface area (Å²) in [5, 5.41) is 4.34. The van der Waals surface area contributed by atoms with Crippen molar-refractivity contribution in [2.75, 3.05) is 7.11 Å². The van der Waals surface area contributed by atoms with E-state index in [1.165, 1.54) is 0 Å². The van der Waals surface area contributed by atoms with Crippen molar-refractivity contribution in [3.8, 4) is 5.75 Å². The fraction of sp³-hybridized carbons (Fsp3) is 0.667. The number of aryl methyl sites for hydroxylation is 1. The summed E-state index contributed by atoms with van der Waals surface area (Å²) in [7, 11) is 3.59. The highest BCUT2D eigenvalue weighted by Gasteiger charge is 2.13. The van der Waals surface area contributed by atoms with Gasteiger partial charge in [0, 0.05) is 13.0 Å². The van der Waals surface area contributed by atoms with Crippen LogP contribution in [-0.2, 0) is 7.05 Å². The third-order valence-corrected chi connectivity index (χ3v) is 2.12. The number of ether oxygens (including phenoxy) is 1. The number of hydrogen-bond acceptors (Lipinski definition) is 2. The maximum absolute atomic E-state index is 5.21. The van der Waals surface area contributed by atoms with E-state index in [1.807, 2.05) is 13.2 Å². The molecule has 0 amide bonds. The molecule has 1 aromatic heterocycles. The van der Waals surface area contributed by atoms with Crippen molar-refractivity contribution >= 4 is 0 Å². The molecule has 0 saturated carbocycles. The highest BCUT2D eigenvalue weighted by molar-refractivity contribution is 5.27. The minimum atomic E-state index is 0.473. The molecule has 1 aromatic rings. The molecular weight excluding hydrogens is 152 g/mol. The second-order valence-corrected chi connectivity index (χ2v) is 3.07. The molecule has 1 rings (SSSR count). The first-order valence-electron chi connectivity index (χ1n) is 4.26. The fourth-order valence-corrected chi connectivity index (χ4v) is 1.18. The summed E-state index contributed by atoms with van der Waals surface area (Å²) >= 11 is 0. The molecule has 0 aliphatic carbocycles. The molecular formula is C9H16N2O. The molecule has 0 aliphatic heterocycles. The van der Waals surface area contributed by atoms with Crippen LogP contribution < -0.4 is 4.74 Å². The van der Waals surface area contributed by atoms with E-state index >= 15 is 0 Å². The number of rotatable bonds is 3. The maximum atomic E-state index is 5.21. The fourth-order valence-electron chi connectivity index (χ4n) is 1.18. The van der Waals surface area contributed by atoms with Gasteiger partial charge in [-0.05, 0) is 6.42 Å². The van der Waals surface area contributed by atoms with Gasteiger partial charge in [-0.2, -0.15) is 5.10 Å². The van der Waals surface area contributed by atoms with Crippen LogP contribution in [0.4, 0.5) is 0 Å². The lowest BCUT2D eigenvalue weighted by Crippen LogP contribution is -1.96. The van der Waals surface area contributed by atoms with E-state index in [2.05, 4.69) is 18.9 Å². The molecule has 3 heteroatoms. The highest BCUT2D eigenvalue weighted by atomic mass is 16.5. The second-order valence-electron chi connectivity index (χ2n) is 3.07. The van der Waals surface area contributed by atoms with Crippen LogP contribution in [0.2, 0.25) is 0 Å². The molecule has 0 N–H and O–H groups in total. The van der Waals surface area contributed by atoms with Gasteiger partial charge in [-0.3, -0.25) is 4.68 Å². The lowest BCUT2D eigenvalue weighted by Gasteiger charge is -2.05. The third-order valence-electron chi connectivity index (χ3n) is 2.12. The Balaban J connectivity index is 2.96. The van der Waals surface area contributed by atoms with Crippen molar-refractivity contribution < 1.29 is 4.74 Å². The van der Waals surface area contributed by atoms with Crippen LogP contribution in [0.25, 0.3) is 0 Å². The van der Waals surface area contributed by atoms with Gasteiger partial charge >= 0.3 is 0 Å². The number of aromatic nitrogens is 2. The van der Waals surface area contributed by atoms with Crippen LogP contribution >= 0.6 is 0 Å². The van der Waals surface area contributed by atoms with E-state index < -0.39 is 0 Å². The van der Waals surface area contributed by atoms with Crippen molar-refractivity contribution in [1.29, 1.82) is 0 Å². The summed E-state index contributed by atoms with van der Waals surface area (Å²) in [5.41, 5.74) is 1.06. The summed E-state index contributed by atoms with van der Waals surface area (Å²) < 4.78 is 7.00. The van der Waals surface area contributed by atoms with Crippen molar-refractivity contribution in [3.63, 3.8) is 0 Å². The zero-order chi connectivity index (χ0) is 9.14. The van der Waals surface area contributed by atoms with E-state index in [-0.39, 0.29) is 0 Å². The quantitative estimate of drug-likeness (QED) is 0.689. The molecule has 0 spiro atoms. The lowest BCUT2D eigenvalue weighted by atomic mass is 10.1. The molecule has 12 heavy (non-hydrogen) atoms. The van der Waals surface area contributed by atoms with Gasteiger partial charge in [0.2, 0.25) is 0 Å². The Morgan fingerprint density at radius 3 is 2.83 bits per heavy atom. The van der Waals surface area contributed by atoms with Gasteiger partial charge in [-0.15, -0.1) is 0 Å². The standard InChI is InChI=1S/C9H16N2O/c1-5-7(2)9-8(12-4)6-11(3)10-9/h6-7H,5H2,1-4H3. The van der Waals surface area contributed by atoms with Gasteiger partial charge in [0.1, 0.15) is 5.69 Å². The van der Waals surface area contributed by atoms with E-state index in [0.29, 0.717) is 5.92 Å². The zero-order valence-electron chi connectivity index (χ0n) is 8.16. The molecule has 1 atom stereocenters. The number of hydrogen-bond donors (Lipinski definition) is 0. The molecule has 0 aromatic carbocycles. The van der Waals surface area contributed by atoms with Crippen molar-refractivity contribution in [1.82, 2.24) is 9.78 Å². The SMILES string of the molecule is CCC(C)c1nn(C)cc1OC. The van der Waals surface area contributed by atoms with Gasteiger partial charge in [-0.1, -0.05) is 13.8 Å². The molecule has 0 radical (unpaired) electrons. The molecule has 0 aliphatic rings. The Morgan fingerprint density at radius 1 is 1.67 bits per heavy atom. The van der Waals surface area contributed by atoms with Crippen molar-refractivity contribution in [3.05, 3.63) is 11.9 Å². The largest absolute Gasteiger partial charge is 0.493 e. The average molecular weight is 168 g/mol. The predicted molar refractivity (Wildman–Crippen MR) is 48.5 cm³/mol. The average Bonchev–Trinajstić information content (AvgIpc) is 2.45. The lowest BCUT2D eigenvalue weighted by molar-refractivity contribution is 0.405. The van der Waals surface area contributed by atoms with Gasteiger partial charge in [0.15, 0.2) is 5.75 Å². The Labute approximate surface area is 73.3 Å². The molecule has 0 fully saturated rings. The van der Waals surface area contributed by atoms with Gasteiger partial charge in [0.25, 0.3) is 0 Å². The summed E-state index contributed by atoms with van der Waals surface area (Å²) in [6, 6.07) is 0. The van der Waals surface area contributed by atoms with Crippen LogP contribution in [0.3, 0.4) is 0 Å². The first kappa shape index (κ1) is 9.10. The van der Waals surface area contributed by atoms with Crippen LogP contribution in [0.15, 0.2) is 6.20 Å². The maximum Gasteiger partial charge on any atom is 0.160 e. The predicted octanol–water partition coefficient (Wildman–Crippen LogP) is 1.94. The molecule has 0 bridgehead atoms. The first-order valence-corrected chi connectivity index (χ1v) is 4.26. The van der Waals surface area contributed by atoms with Crippen molar-refractivity contribution in [2.45, 2.75) is 26.2 Å². The zero-order valence-corrected chi connectivity index (χ0v) is 8.16. The number of methoxy groups -OCH3 is 1. The summed E-state index contributed by atoms with van der Waals surface area (Å²) in [6.07, 6.45) is 2.99.